The highest BCUT2D eigenvalue weighted by atomic mass is 32.3. The molecule has 0 radical (unpaired) electrons. The molecule has 2 bridgehead atoms. The number of thiophene rings is 1. The summed E-state index contributed by atoms with van der Waals surface area (Å²) in [5, 5.41) is 4.18. The van der Waals surface area contributed by atoms with Gasteiger partial charge in [0, 0.05) is 5.38 Å². The predicted molar refractivity (Wildman–Crippen MR) is 41.0 cm³/mol. The first kappa shape index (κ1) is 5.60. The van der Waals surface area contributed by atoms with E-state index in [0.717, 1.165) is 5.75 Å². The van der Waals surface area contributed by atoms with Crippen LogP contribution >= 0.6 is 21.9 Å². The molecule has 4 heteroatoms. The lowest BCUT2D eigenvalue weighted by Crippen LogP contribution is -2.52. The van der Waals surface area contributed by atoms with Gasteiger partial charge in [-0.15, -0.1) is 0 Å². The molecule has 0 N–H and O–H groups in total. The summed E-state index contributed by atoms with van der Waals surface area (Å²) in [6.07, 6.45) is 0.148. The maximum atomic E-state index is 5.43. The topological polar surface area (TPSA) is 18.5 Å². The van der Waals surface area contributed by atoms with Crippen LogP contribution in [-0.4, -0.2) is 12.0 Å². The summed E-state index contributed by atoms with van der Waals surface area (Å²) in [6.45, 7) is 0. The van der Waals surface area contributed by atoms with Gasteiger partial charge in [-0.25, -0.2) is 8.37 Å². The molecule has 54 valence electrons. The molecule has 0 atom stereocenters. The van der Waals surface area contributed by atoms with Crippen LogP contribution in [0.4, 0.5) is 0 Å². The second kappa shape index (κ2) is 1.58. The molecule has 1 aromatic rings. The van der Waals surface area contributed by atoms with E-state index < -0.39 is 10.6 Å². The fourth-order valence-electron chi connectivity index (χ4n) is 1.15. The summed E-state index contributed by atoms with van der Waals surface area (Å²) in [5.74, 6) is 1.13. The van der Waals surface area contributed by atoms with E-state index in [1.54, 1.807) is 11.3 Å². The smallest absolute Gasteiger partial charge is 0.221 e. The molecule has 2 nitrogen and oxygen atoms in total. The lowest BCUT2D eigenvalue weighted by atomic mass is 10.7. The standard InChI is InChI=1S/C6H6O2S2/c1-2-9-3-5(1)10-4-6(7-10)8-10/h1-3,6H,4H2. The van der Waals surface area contributed by atoms with Crippen LogP contribution in [0, 0.1) is 0 Å². The minimum Gasteiger partial charge on any atom is -0.244 e. The minimum atomic E-state index is -1.12. The van der Waals surface area contributed by atoms with Gasteiger partial charge in [0.05, 0.1) is 10.6 Å². The van der Waals surface area contributed by atoms with Crippen molar-refractivity contribution in [1.29, 1.82) is 0 Å². The van der Waals surface area contributed by atoms with Crippen molar-refractivity contribution in [2.75, 3.05) is 5.75 Å². The van der Waals surface area contributed by atoms with Gasteiger partial charge >= 0.3 is 0 Å². The van der Waals surface area contributed by atoms with Crippen LogP contribution in [0.25, 0.3) is 0 Å². The molecule has 1 aromatic heterocycles. The van der Waals surface area contributed by atoms with E-state index in [0.29, 0.717) is 0 Å². The summed E-state index contributed by atoms with van der Waals surface area (Å²) >= 11 is 1.70. The van der Waals surface area contributed by atoms with E-state index in [4.69, 9.17) is 8.37 Å². The Balaban J connectivity index is 2.01. The number of hydrogen-bond acceptors (Lipinski definition) is 3. The van der Waals surface area contributed by atoms with Crippen molar-refractivity contribution < 1.29 is 8.37 Å². The molecule has 4 heterocycles. The Bertz CT molecular complexity index is 240. The third-order valence-electron chi connectivity index (χ3n) is 1.74. The molecule has 0 unspecified atom stereocenters. The Morgan fingerprint density at radius 3 is 2.80 bits per heavy atom. The zero-order valence-corrected chi connectivity index (χ0v) is 6.78. The highest BCUT2D eigenvalue weighted by molar-refractivity contribution is 8.28. The number of hydrogen-bond donors (Lipinski definition) is 0. The van der Waals surface area contributed by atoms with Crippen LogP contribution in [0.3, 0.4) is 0 Å². The molecule has 0 amide bonds. The third-order valence-corrected chi connectivity index (χ3v) is 5.30. The summed E-state index contributed by atoms with van der Waals surface area (Å²) in [4.78, 5) is 1.26. The van der Waals surface area contributed by atoms with Crippen molar-refractivity contribution in [3.63, 3.8) is 0 Å². The maximum absolute atomic E-state index is 5.43. The van der Waals surface area contributed by atoms with Crippen molar-refractivity contribution in [3.8, 4) is 0 Å². The molecule has 4 rings (SSSR count). The Morgan fingerprint density at radius 2 is 2.40 bits per heavy atom. The molecule has 0 spiro atoms. The Morgan fingerprint density at radius 1 is 1.60 bits per heavy atom. The largest absolute Gasteiger partial charge is 0.244 e. The summed E-state index contributed by atoms with van der Waals surface area (Å²) in [7, 11) is -1.12. The van der Waals surface area contributed by atoms with Crippen molar-refractivity contribution in [2.45, 2.75) is 11.2 Å². The fraction of sp³-hybridized carbons (Fsp3) is 0.333. The van der Waals surface area contributed by atoms with Gasteiger partial charge in [0.1, 0.15) is 0 Å². The molecule has 10 heavy (non-hydrogen) atoms. The summed E-state index contributed by atoms with van der Waals surface area (Å²) in [6, 6.07) is 2.09. The lowest BCUT2D eigenvalue weighted by molar-refractivity contribution is -0.0989. The summed E-state index contributed by atoms with van der Waals surface area (Å²) < 4.78 is 10.9. The van der Waals surface area contributed by atoms with E-state index in [1.165, 1.54) is 4.90 Å². The van der Waals surface area contributed by atoms with Crippen LogP contribution in [0.15, 0.2) is 21.7 Å². The van der Waals surface area contributed by atoms with Crippen LogP contribution < -0.4 is 0 Å². The van der Waals surface area contributed by atoms with Crippen molar-refractivity contribution >= 4 is 21.9 Å². The van der Waals surface area contributed by atoms with Gasteiger partial charge in [0.25, 0.3) is 0 Å². The zero-order valence-electron chi connectivity index (χ0n) is 5.15. The predicted octanol–water partition coefficient (Wildman–Crippen LogP) is 2.13. The van der Waals surface area contributed by atoms with Crippen LogP contribution in [0.1, 0.15) is 0 Å². The van der Waals surface area contributed by atoms with Gasteiger partial charge in [-0.1, -0.05) is 0 Å². The van der Waals surface area contributed by atoms with Crippen LogP contribution in [-0.2, 0) is 8.37 Å². The SMILES string of the molecule is c1cc(S23CC(O2)O3)cs1. The fourth-order valence-corrected chi connectivity index (χ4v) is 4.23. The minimum absolute atomic E-state index is 0.148. The monoisotopic (exact) mass is 174 g/mol. The van der Waals surface area contributed by atoms with Gasteiger partial charge in [-0.3, -0.25) is 0 Å². The van der Waals surface area contributed by atoms with Crippen LogP contribution in [0.2, 0.25) is 0 Å². The highest BCUT2D eigenvalue weighted by Gasteiger charge is 2.55. The first-order valence-corrected chi connectivity index (χ1v) is 5.68. The molecule has 3 aliphatic heterocycles. The quantitative estimate of drug-likeness (QED) is 0.649. The molecule has 3 saturated heterocycles. The van der Waals surface area contributed by atoms with Gasteiger partial charge in [-0.05, 0) is 11.4 Å². The Hall–Kier alpha value is -0.0300. The molecule has 3 fully saturated rings. The molecule has 0 aliphatic carbocycles. The average molecular weight is 174 g/mol. The van der Waals surface area contributed by atoms with Crippen molar-refractivity contribution in [2.24, 2.45) is 0 Å². The van der Waals surface area contributed by atoms with E-state index in [-0.39, 0.29) is 6.29 Å². The first-order valence-electron chi connectivity index (χ1n) is 3.09. The van der Waals surface area contributed by atoms with Gasteiger partial charge in [0.2, 0.25) is 6.29 Å². The molecular formula is C6H6O2S2. The number of rotatable bonds is 1. The summed E-state index contributed by atoms with van der Waals surface area (Å²) in [5.41, 5.74) is 0. The molecule has 0 aromatic carbocycles. The lowest BCUT2D eigenvalue weighted by Gasteiger charge is -2.65. The van der Waals surface area contributed by atoms with Crippen molar-refractivity contribution in [3.05, 3.63) is 16.8 Å². The Labute approximate surface area is 64.5 Å². The normalized spacial score (nSPS) is 48.6. The first-order chi connectivity index (χ1) is 4.89. The van der Waals surface area contributed by atoms with Gasteiger partial charge in [-0.2, -0.15) is 21.9 Å². The molecule has 3 aliphatic rings. The van der Waals surface area contributed by atoms with E-state index >= 15 is 0 Å². The van der Waals surface area contributed by atoms with E-state index in [2.05, 4.69) is 16.8 Å². The zero-order chi connectivity index (χ0) is 6.60. The average Bonchev–Trinajstić information content (AvgIpc) is 2.06. The Kier molecular flexibility index (Phi) is 0.886. The second-order valence-electron chi connectivity index (χ2n) is 2.36. The molecular weight excluding hydrogens is 168 g/mol. The van der Waals surface area contributed by atoms with Gasteiger partial charge < -0.3 is 0 Å². The molecule has 0 saturated carbocycles. The van der Waals surface area contributed by atoms with Crippen LogP contribution in [0.5, 0.6) is 0 Å². The van der Waals surface area contributed by atoms with E-state index in [1.807, 2.05) is 0 Å². The van der Waals surface area contributed by atoms with Crippen molar-refractivity contribution in [1.82, 2.24) is 0 Å². The maximum Gasteiger partial charge on any atom is 0.221 e. The second-order valence-corrected chi connectivity index (χ2v) is 5.56. The van der Waals surface area contributed by atoms with Gasteiger partial charge in [0.15, 0.2) is 0 Å². The van der Waals surface area contributed by atoms with E-state index in [9.17, 15) is 0 Å². The highest BCUT2D eigenvalue weighted by Crippen LogP contribution is 2.77. The third kappa shape index (κ3) is 0.495.